The fraction of sp³-hybridized carbons (Fsp3) is 0.353. The van der Waals surface area contributed by atoms with Crippen LogP contribution in [0.1, 0.15) is 263 Å². The minimum absolute atomic E-state index is 0. The lowest BCUT2D eigenvalue weighted by atomic mass is 9.77. The molecule has 0 radical (unpaired) electrons. The van der Waals surface area contributed by atoms with Crippen molar-refractivity contribution in [3.8, 4) is 44.5 Å². The van der Waals surface area contributed by atoms with Gasteiger partial charge in [0.2, 0.25) is 0 Å². The molecule has 0 saturated heterocycles. The van der Waals surface area contributed by atoms with E-state index in [0.29, 0.717) is 0 Å². The summed E-state index contributed by atoms with van der Waals surface area (Å²) in [5.74, 6) is 0. The zero-order chi connectivity index (χ0) is 95.7. The normalized spacial score (nSPS) is 12.7. The van der Waals surface area contributed by atoms with Crippen LogP contribution in [0.2, 0.25) is 0 Å². The van der Waals surface area contributed by atoms with Gasteiger partial charge in [-0.05, 0) is 791 Å². The molecule has 0 saturated carbocycles. The Morgan fingerprint density at radius 1 is 0.0526 bits per heavy atom. The molecule has 0 bridgehead atoms. The third-order valence-corrected chi connectivity index (χ3v) is 39.7. The molecule has 0 unspecified atom stereocenters. The van der Waals surface area contributed by atoms with E-state index in [1.54, 1.807) is 0 Å². The first-order valence-electron chi connectivity index (χ1n) is 49.5. The van der Waals surface area contributed by atoms with Crippen molar-refractivity contribution in [3.63, 3.8) is 0 Å². The van der Waals surface area contributed by atoms with Gasteiger partial charge >= 0.3 is 0 Å². The summed E-state index contributed by atoms with van der Waals surface area (Å²) in [6, 6.07) is 0. The SMILES string of the molecule is C.Cc1c(C)c(C)c2c(c1C)-c1c(C)c(C)c(C)c3c(C)c(C)c(C)c-2c13.Cc1c(C)c2c(C)c(C)c(C)c3c4c(C)c5c(c(C)c4c(c1C)c23)c1c(C)c(C)c2c3c(C)c4c(c(C)c3c3c(C)c(C)c5c1c23)c1c(C)c(C)c(C)c2c(C)c(C)c(C)c4c21.Cc1c(C)c2c3c(c(C)c(C)c(C)c3c1C)-c1c-2c(C)c2c3c(C)c(C)c(C)c(C)c3c3c(C)c(C)c(C)c(C)c3c2c1C. The highest BCUT2D eigenvalue weighted by molar-refractivity contribution is 6.50. The number of benzene rings is 17. The van der Waals surface area contributed by atoms with Crippen LogP contribution >= 0.6 is 0 Å². The Hall–Kier alpha value is -11.2. The fourth-order valence-corrected chi connectivity index (χ4v) is 29.4. The molecule has 0 fully saturated rings. The molecule has 0 aromatic heterocycles. The van der Waals surface area contributed by atoms with Crippen LogP contribution in [0.4, 0.5) is 0 Å². The summed E-state index contributed by atoms with van der Waals surface area (Å²) < 4.78 is 0. The summed E-state index contributed by atoms with van der Waals surface area (Å²) in [7, 11) is 0. The van der Waals surface area contributed by atoms with Gasteiger partial charge in [-0.15, -0.1) is 0 Å². The van der Waals surface area contributed by atoms with Crippen LogP contribution in [-0.4, -0.2) is 0 Å². The molecule has 21 aromatic carbocycles. The standard InChI is InChI=1S/C62H60.C44H48.C26H30.CH4/c1-21-25(5)41-26(6)22(2)30(10)44-52-38(18)56-48-35(15)36(16)50-58-40(20)54-46-32(12)24(4)28(8)42-27(7)23(3)31(11)45(60(42)46)53(54)39(19)57(58)49-34(14)33(13)47(61(48)62(49)50)55(56)37(17)51(52)43(29(21)9)59(41)44;1-17-19(3)27(11)36-34(25(17)9)35-26(10)18(2)20(4)28(12)37(35)41-32(16)43-39-30(14)22(6)24(8)33-23(7)21(5)29(13)38(44(33)39)42(43)31(15)40(36)41;1-11-12(2)18(8)23-22(17(11)7)24-19(9)13(3)15(5)21-16(6)14(4)20(10)25(23)26(21)24;/h1-20H3;1-16H3;1-10H3;1H4. The van der Waals surface area contributed by atoms with Crippen molar-refractivity contribution in [3.05, 3.63) is 256 Å². The molecule has 21 aromatic rings. The lowest BCUT2D eigenvalue weighted by molar-refractivity contribution is 1.22. The van der Waals surface area contributed by atoms with E-state index < -0.39 is 0 Å². The van der Waals surface area contributed by atoms with E-state index in [1.807, 2.05) is 0 Å². The van der Waals surface area contributed by atoms with Crippen molar-refractivity contribution < 1.29 is 0 Å². The Kier molecular flexibility index (Phi) is 19.2. The van der Waals surface area contributed by atoms with Gasteiger partial charge in [0.1, 0.15) is 0 Å². The van der Waals surface area contributed by atoms with Gasteiger partial charge in [0, 0.05) is 0 Å². The van der Waals surface area contributed by atoms with E-state index in [0.717, 1.165) is 0 Å². The average Bonchev–Trinajstić information content (AvgIpc) is 1.49. The first-order valence-corrected chi connectivity index (χ1v) is 49.5. The Balaban J connectivity index is 0.000000135. The Morgan fingerprint density at radius 2 is 0.135 bits per heavy atom. The molecule has 0 N–H and O–H groups in total. The molecule has 0 amide bonds. The summed E-state index contributed by atoms with van der Waals surface area (Å²) in [5.41, 5.74) is 78.5. The molecule has 0 nitrogen and oxygen atoms in total. The number of aryl methyl sites for hydroxylation is 26. The van der Waals surface area contributed by atoms with Crippen LogP contribution in [0.5, 0.6) is 0 Å². The molecule has 674 valence electrons. The highest BCUT2D eigenvalue weighted by Gasteiger charge is 2.40. The highest BCUT2D eigenvalue weighted by atomic mass is 14.4. The summed E-state index contributed by atoms with van der Waals surface area (Å²) in [6.07, 6.45) is 0. The summed E-state index contributed by atoms with van der Waals surface area (Å²) in [5, 5.41) is 47.6. The van der Waals surface area contributed by atoms with Crippen LogP contribution in [0, 0.1) is 318 Å². The molecule has 23 rings (SSSR count). The minimum atomic E-state index is 0. The maximum Gasteiger partial charge on any atom is -0.000793 e. The van der Waals surface area contributed by atoms with Crippen LogP contribution < -0.4 is 0 Å². The predicted molar refractivity (Wildman–Crippen MR) is 598 cm³/mol. The molecule has 0 atom stereocenters. The van der Waals surface area contributed by atoms with Gasteiger partial charge in [-0.1, -0.05) is 7.43 Å². The van der Waals surface area contributed by atoms with Crippen molar-refractivity contribution in [2.24, 2.45) is 0 Å². The topological polar surface area (TPSA) is 0 Å². The number of hydrogen-bond acceptors (Lipinski definition) is 0. The summed E-state index contributed by atoms with van der Waals surface area (Å²) in [6.45, 7) is 109. The predicted octanol–water partition coefficient (Wildman–Crippen LogP) is 39.4. The summed E-state index contributed by atoms with van der Waals surface area (Å²) >= 11 is 0. The Bertz CT molecular complexity index is 8540. The minimum Gasteiger partial charge on any atom is -0.0776 e. The number of hydrogen-bond donors (Lipinski definition) is 0. The van der Waals surface area contributed by atoms with Gasteiger partial charge in [-0.25, -0.2) is 0 Å². The lowest BCUT2D eigenvalue weighted by Gasteiger charge is -2.27. The van der Waals surface area contributed by atoms with Crippen LogP contribution in [-0.2, 0) is 0 Å². The zero-order valence-corrected chi connectivity index (χ0v) is 89.0. The second-order valence-electron chi connectivity index (χ2n) is 43.8. The smallest absolute Gasteiger partial charge is 0.000793 e. The average molecular weight is 1740 g/mol. The van der Waals surface area contributed by atoms with Gasteiger partial charge in [0.25, 0.3) is 0 Å². The maximum absolute atomic E-state index is 2.48. The van der Waals surface area contributed by atoms with Gasteiger partial charge in [0.15, 0.2) is 0 Å². The van der Waals surface area contributed by atoms with Gasteiger partial charge in [0.05, 0.1) is 0 Å². The van der Waals surface area contributed by atoms with Crippen LogP contribution in [0.3, 0.4) is 0 Å². The van der Waals surface area contributed by atoms with E-state index >= 15 is 0 Å². The van der Waals surface area contributed by atoms with E-state index in [2.05, 4.69) is 318 Å². The second-order valence-corrected chi connectivity index (χ2v) is 43.8. The van der Waals surface area contributed by atoms with Gasteiger partial charge < -0.3 is 0 Å². The lowest BCUT2D eigenvalue weighted by Crippen LogP contribution is -2.03. The number of fused-ring (bicyclic) bond motifs is 24. The second kappa shape index (κ2) is 28.5. The molecule has 0 aliphatic heterocycles. The quantitative estimate of drug-likeness (QED) is 0.133. The monoisotopic (exact) mass is 1740 g/mol. The van der Waals surface area contributed by atoms with Crippen molar-refractivity contribution in [1.82, 2.24) is 0 Å². The molecule has 2 aliphatic rings. The first kappa shape index (κ1) is 89.7. The van der Waals surface area contributed by atoms with E-state index in [-0.39, 0.29) is 7.43 Å². The third-order valence-electron chi connectivity index (χ3n) is 39.7. The van der Waals surface area contributed by atoms with Gasteiger partial charge in [-0.2, -0.15) is 0 Å². The molecular weight excluding hydrogens is 1600 g/mol. The Morgan fingerprint density at radius 3 is 0.308 bits per heavy atom. The maximum atomic E-state index is 2.48. The number of rotatable bonds is 0. The largest absolute Gasteiger partial charge is 0.0776 e. The van der Waals surface area contributed by atoms with Crippen molar-refractivity contribution in [2.75, 3.05) is 0 Å². The highest BCUT2D eigenvalue weighted by Crippen LogP contribution is 2.65. The zero-order valence-electron chi connectivity index (χ0n) is 89.0. The summed E-state index contributed by atoms with van der Waals surface area (Å²) in [4.78, 5) is 0. The Labute approximate surface area is 793 Å². The molecule has 2 aliphatic carbocycles. The van der Waals surface area contributed by atoms with Crippen molar-refractivity contribution in [2.45, 2.75) is 326 Å². The molecule has 0 heteroatoms. The third kappa shape index (κ3) is 10.0. The first-order chi connectivity index (χ1) is 61.9. The molecule has 0 spiro atoms. The fourth-order valence-electron chi connectivity index (χ4n) is 29.4. The van der Waals surface area contributed by atoms with Crippen LogP contribution in [0.15, 0.2) is 0 Å². The molecule has 133 heavy (non-hydrogen) atoms. The molecular formula is C133H142. The van der Waals surface area contributed by atoms with E-state index in [1.165, 1.54) is 473 Å². The molecule has 0 heterocycles. The van der Waals surface area contributed by atoms with Crippen LogP contribution in [0.25, 0.3) is 217 Å². The van der Waals surface area contributed by atoms with E-state index in [9.17, 15) is 0 Å². The van der Waals surface area contributed by atoms with Crippen molar-refractivity contribution >= 4 is 172 Å². The van der Waals surface area contributed by atoms with E-state index in [4.69, 9.17) is 0 Å². The van der Waals surface area contributed by atoms with Crippen molar-refractivity contribution in [1.29, 1.82) is 0 Å². The van der Waals surface area contributed by atoms with Gasteiger partial charge in [-0.3, -0.25) is 0 Å².